The van der Waals surface area contributed by atoms with E-state index in [9.17, 15) is 4.79 Å². The highest BCUT2D eigenvalue weighted by molar-refractivity contribution is 7.18. The molecule has 0 saturated carbocycles. The Morgan fingerprint density at radius 1 is 1.08 bits per heavy atom. The Kier molecular flexibility index (Phi) is 9.08. The first-order chi connectivity index (χ1) is 17.5. The summed E-state index contributed by atoms with van der Waals surface area (Å²) >= 11 is 14.2. The average molecular weight is 554 g/mol. The van der Waals surface area contributed by atoms with Crippen molar-refractivity contribution in [2.45, 2.75) is 13.3 Å². The van der Waals surface area contributed by atoms with Crippen molar-refractivity contribution < 1.29 is 14.3 Å². The molecule has 12 heteroatoms. The molecule has 0 aliphatic carbocycles. The maximum absolute atomic E-state index is 13.2. The number of nitrogens with zero attached hydrogens (tertiary/aromatic N) is 4. The highest BCUT2D eigenvalue weighted by Crippen LogP contribution is 2.44. The minimum absolute atomic E-state index is 0.185. The van der Waals surface area contributed by atoms with E-state index in [0.29, 0.717) is 22.6 Å². The molecule has 36 heavy (non-hydrogen) atoms. The molecule has 1 aliphatic heterocycles. The van der Waals surface area contributed by atoms with Crippen LogP contribution < -0.4 is 20.1 Å². The van der Waals surface area contributed by atoms with Crippen molar-refractivity contribution in [2.24, 2.45) is 0 Å². The van der Waals surface area contributed by atoms with Gasteiger partial charge in [0.05, 0.1) is 35.7 Å². The summed E-state index contributed by atoms with van der Waals surface area (Å²) in [6, 6.07) is 1.57. The predicted molar refractivity (Wildman–Crippen MR) is 147 cm³/mol. The molecule has 1 aromatic carbocycles. The van der Waals surface area contributed by atoms with Gasteiger partial charge in [-0.2, -0.15) is 0 Å². The van der Waals surface area contributed by atoms with Crippen molar-refractivity contribution in [3.63, 3.8) is 0 Å². The van der Waals surface area contributed by atoms with E-state index in [2.05, 4.69) is 37.3 Å². The highest BCUT2D eigenvalue weighted by atomic mass is 35.5. The van der Waals surface area contributed by atoms with Gasteiger partial charge in [-0.1, -0.05) is 30.1 Å². The first-order valence-corrected chi connectivity index (χ1v) is 13.4. The highest BCUT2D eigenvalue weighted by Gasteiger charge is 2.22. The molecule has 0 spiro atoms. The molecular formula is C24H30Cl2N6O3S. The zero-order valence-electron chi connectivity index (χ0n) is 20.6. The van der Waals surface area contributed by atoms with Crippen LogP contribution >= 0.6 is 34.5 Å². The van der Waals surface area contributed by atoms with Crippen molar-refractivity contribution in [1.82, 2.24) is 19.8 Å². The molecule has 3 heterocycles. The Bertz CT molecular complexity index is 1190. The molecule has 3 aromatic rings. The quantitative estimate of drug-likeness (QED) is 0.349. The molecule has 0 unspecified atom stereocenters. The summed E-state index contributed by atoms with van der Waals surface area (Å²) in [5, 5.41) is 8.33. The zero-order valence-corrected chi connectivity index (χ0v) is 22.9. The molecule has 4 rings (SSSR count). The van der Waals surface area contributed by atoms with E-state index in [-0.39, 0.29) is 15.7 Å². The maximum Gasteiger partial charge on any atom is 0.258 e. The van der Waals surface area contributed by atoms with E-state index in [1.165, 1.54) is 31.9 Å². The van der Waals surface area contributed by atoms with Crippen LogP contribution in [0.4, 0.5) is 11.5 Å². The number of halogens is 2. The second-order valence-corrected chi connectivity index (χ2v) is 9.98. The lowest BCUT2D eigenvalue weighted by atomic mass is 10.2. The van der Waals surface area contributed by atoms with Gasteiger partial charge in [-0.3, -0.25) is 4.79 Å². The topological polar surface area (TPSA) is 91.9 Å². The van der Waals surface area contributed by atoms with Gasteiger partial charge in [0.1, 0.15) is 33.7 Å². The Hall–Kier alpha value is -2.37. The number of hydrogen-bond acceptors (Lipinski definition) is 9. The number of rotatable bonds is 10. The summed E-state index contributed by atoms with van der Waals surface area (Å²) in [5.41, 5.74) is 1.18. The molecule has 0 radical (unpaired) electrons. The van der Waals surface area contributed by atoms with Crippen LogP contribution in [-0.4, -0.2) is 85.7 Å². The van der Waals surface area contributed by atoms with E-state index in [1.807, 2.05) is 0 Å². The smallest absolute Gasteiger partial charge is 0.258 e. The third-order valence-corrected chi connectivity index (χ3v) is 7.99. The largest absolute Gasteiger partial charge is 0.495 e. The second kappa shape index (κ2) is 12.2. The van der Waals surface area contributed by atoms with E-state index < -0.39 is 5.91 Å². The Labute approximate surface area is 224 Å². The molecule has 0 bridgehead atoms. The summed E-state index contributed by atoms with van der Waals surface area (Å²) < 4.78 is 11.4. The van der Waals surface area contributed by atoms with Gasteiger partial charge in [0.2, 0.25) is 0 Å². The fourth-order valence-electron chi connectivity index (χ4n) is 4.15. The minimum Gasteiger partial charge on any atom is -0.495 e. The van der Waals surface area contributed by atoms with Crippen LogP contribution in [-0.2, 0) is 0 Å². The van der Waals surface area contributed by atoms with Crippen molar-refractivity contribution in [3.05, 3.63) is 33.4 Å². The van der Waals surface area contributed by atoms with Crippen molar-refractivity contribution in [2.75, 3.05) is 70.7 Å². The molecule has 1 amide bonds. The van der Waals surface area contributed by atoms with Crippen LogP contribution in [0.5, 0.6) is 11.5 Å². The standard InChI is InChI=1S/C24H30Cl2N6O3S/c1-4-31-8-10-32(11-9-31)7-5-6-27-23-22-20(28-14-29-23)15(13-36-22)24(33)30-21-18(25)16(34-2)12-17(35-3)19(21)26/h12-14H,4-11H2,1-3H3,(H,30,33)(H,27,28,29). The molecule has 1 aliphatic rings. The van der Waals surface area contributed by atoms with E-state index in [4.69, 9.17) is 32.7 Å². The monoisotopic (exact) mass is 552 g/mol. The summed E-state index contributed by atoms with van der Waals surface area (Å²) in [4.78, 5) is 26.9. The van der Waals surface area contributed by atoms with Crippen LogP contribution in [0.1, 0.15) is 23.7 Å². The lowest BCUT2D eigenvalue weighted by Gasteiger charge is -2.33. The Balaban J connectivity index is 1.43. The van der Waals surface area contributed by atoms with Crippen LogP contribution in [0.3, 0.4) is 0 Å². The number of aromatic nitrogens is 2. The zero-order chi connectivity index (χ0) is 25.7. The lowest BCUT2D eigenvalue weighted by molar-refractivity contribution is 0.102. The number of carbonyl (C=O) groups is 1. The summed E-state index contributed by atoms with van der Waals surface area (Å²) in [7, 11) is 2.95. The number of thiophene rings is 1. The SMILES string of the molecule is CCN1CCN(CCCNc2ncnc3c(C(=O)Nc4c(Cl)c(OC)cc(OC)c4Cl)csc23)CC1. The van der Waals surface area contributed by atoms with Gasteiger partial charge in [-0.15, -0.1) is 11.3 Å². The van der Waals surface area contributed by atoms with Crippen molar-refractivity contribution in [3.8, 4) is 11.5 Å². The van der Waals surface area contributed by atoms with Gasteiger partial charge in [0.15, 0.2) is 0 Å². The predicted octanol–water partition coefficient (Wildman–Crippen LogP) is 4.71. The van der Waals surface area contributed by atoms with Crippen LogP contribution in [0.15, 0.2) is 17.8 Å². The number of methoxy groups -OCH3 is 2. The third-order valence-electron chi connectivity index (χ3n) is 6.27. The number of nitrogens with one attached hydrogen (secondary N) is 2. The van der Waals surface area contributed by atoms with E-state index in [0.717, 1.165) is 62.8 Å². The number of hydrogen-bond donors (Lipinski definition) is 2. The van der Waals surface area contributed by atoms with Gasteiger partial charge in [0.25, 0.3) is 5.91 Å². The van der Waals surface area contributed by atoms with Crippen molar-refractivity contribution >= 4 is 62.2 Å². The number of anilines is 2. The summed E-state index contributed by atoms with van der Waals surface area (Å²) in [6.45, 7) is 9.65. The van der Waals surface area contributed by atoms with Crippen LogP contribution in [0, 0.1) is 0 Å². The van der Waals surface area contributed by atoms with Gasteiger partial charge in [-0.05, 0) is 19.5 Å². The fourth-order valence-corrected chi connectivity index (χ4v) is 5.71. The molecule has 9 nitrogen and oxygen atoms in total. The lowest BCUT2D eigenvalue weighted by Crippen LogP contribution is -2.46. The van der Waals surface area contributed by atoms with Gasteiger partial charge in [0, 0.05) is 44.2 Å². The minimum atomic E-state index is -0.392. The molecule has 2 N–H and O–H groups in total. The normalized spacial score (nSPS) is 14.7. The molecule has 1 fully saturated rings. The molecule has 2 aromatic heterocycles. The summed E-state index contributed by atoms with van der Waals surface area (Å²) in [5.74, 6) is 1.00. The van der Waals surface area contributed by atoms with E-state index in [1.54, 1.807) is 11.4 Å². The molecule has 1 saturated heterocycles. The van der Waals surface area contributed by atoms with Crippen LogP contribution in [0.2, 0.25) is 10.0 Å². The maximum atomic E-state index is 13.2. The Morgan fingerprint density at radius 2 is 1.75 bits per heavy atom. The van der Waals surface area contributed by atoms with Crippen molar-refractivity contribution in [1.29, 1.82) is 0 Å². The number of benzene rings is 1. The van der Waals surface area contributed by atoms with Gasteiger partial charge in [-0.25, -0.2) is 9.97 Å². The number of ether oxygens (including phenoxy) is 2. The fraction of sp³-hybridized carbons (Fsp3) is 0.458. The number of amides is 1. The average Bonchev–Trinajstić information content (AvgIpc) is 3.34. The first-order valence-electron chi connectivity index (χ1n) is 11.8. The molecular weight excluding hydrogens is 523 g/mol. The Morgan fingerprint density at radius 3 is 2.39 bits per heavy atom. The van der Waals surface area contributed by atoms with Gasteiger partial charge >= 0.3 is 0 Å². The molecule has 0 atom stereocenters. The van der Waals surface area contributed by atoms with Crippen LogP contribution in [0.25, 0.3) is 10.2 Å². The number of carbonyl (C=O) groups excluding carboxylic acids is 1. The number of likely N-dealkylation sites (N-methyl/N-ethyl adjacent to an activating group) is 1. The van der Waals surface area contributed by atoms with Gasteiger partial charge < -0.3 is 29.9 Å². The number of piperazine rings is 1. The summed E-state index contributed by atoms with van der Waals surface area (Å²) in [6.07, 6.45) is 2.47. The third kappa shape index (κ3) is 5.78. The first kappa shape index (κ1) is 26.7. The number of fused-ring (bicyclic) bond motifs is 1. The second-order valence-electron chi connectivity index (χ2n) is 8.34. The van der Waals surface area contributed by atoms with E-state index >= 15 is 0 Å². The molecule has 194 valence electrons.